The predicted molar refractivity (Wildman–Crippen MR) is 75.5 cm³/mol. The number of benzene rings is 1. The molecule has 0 unspecified atom stereocenters. The van der Waals surface area contributed by atoms with E-state index in [0.29, 0.717) is 0 Å². The van der Waals surface area contributed by atoms with Crippen LogP contribution in [-0.4, -0.2) is 31.1 Å². The Balaban J connectivity index is 1.97. The molecule has 0 radical (unpaired) electrons. The van der Waals surface area contributed by atoms with Gasteiger partial charge in [0.1, 0.15) is 17.5 Å². The Labute approximate surface area is 123 Å². The van der Waals surface area contributed by atoms with Crippen molar-refractivity contribution in [2.75, 3.05) is 26.2 Å². The van der Waals surface area contributed by atoms with Gasteiger partial charge in [-0.15, -0.1) is 0 Å². The molecule has 116 valence electrons. The van der Waals surface area contributed by atoms with E-state index >= 15 is 0 Å². The summed E-state index contributed by atoms with van der Waals surface area (Å²) < 4.78 is 41.7. The maximum absolute atomic E-state index is 14.2. The first kappa shape index (κ1) is 14.9. The van der Waals surface area contributed by atoms with E-state index in [2.05, 4.69) is 10.2 Å². The predicted octanol–water partition coefficient (Wildman–Crippen LogP) is 3.24. The average molecular weight is 298 g/mol. The zero-order valence-electron chi connectivity index (χ0n) is 12.0. The maximum Gasteiger partial charge on any atom is 0.133 e. The molecule has 0 bridgehead atoms. The minimum absolute atomic E-state index is 0.0604. The average Bonchev–Trinajstić information content (AvgIpc) is 2.97. The van der Waals surface area contributed by atoms with Crippen LogP contribution in [0.15, 0.2) is 12.1 Å². The molecular weight excluding hydrogens is 277 g/mol. The van der Waals surface area contributed by atoms with Crippen molar-refractivity contribution in [1.29, 1.82) is 0 Å². The molecule has 21 heavy (non-hydrogen) atoms. The van der Waals surface area contributed by atoms with Gasteiger partial charge in [0.05, 0.1) is 0 Å². The molecular formula is C16H21F3N2. The summed E-state index contributed by atoms with van der Waals surface area (Å²) in [7, 11) is 0. The monoisotopic (exact) mass is 298 g/mol. The summed E-state index contributed by atoms with van der Waals surface area (Å²) >= 11 is 0. The highest BCUT2D eigenvalue weighted by Crippen LogP contribution is 2.41. The summed E-state index contributed by atoms with van der Waals surface area (Å²) in [5, 5.41) is 3.26. The fourth-order valence-corrected chi connectivity index (χ4v) is 3.79. The highest BCUT2D eigenvalue weighted by molar-refractivity contribution is 5.25. The number of hydrogen-bond donors (Lipinski definition) is 1. The van der Waals surface area contributed by atoms with Crippen molar-refractivity contribution in [2.24, 2.45) is 5.92 Å². The molecule has 1 aromatic carbocycles. The van der Waals surface area contributed by atoms with Gasteiger partial charge in [-0.1, -0.05) is 12.8 Å². The zero-order valence-corrected chi connectivity index (χ0v) is 12.0. The van der Waals surface area contributed by atoms with Crippen LogP contribution in [0, 0.1) is 23.4 Å². The summed E-state index contributed by atoms with van der Waals surface area (Å²) in [6, 6.07) is 1.35. The first-order valence-corrected chi connectivity index (χ1v) is 7.76. The number of rotatable bonds is 3. The van der Waals surface area contributed by atoms with E-state index in [1.165, 1.54) is 0 Å². The summed E-state index contributed by atoms with van der Waals surface area (Å²) in [5.41, 5.74) is 0.0604. The van der Waals surface area contributed by atoms with Crippen LogP contribution in [-0.2, 0) is 0 Å². The fraction of sp³-hybridized carbons (Fsp3) is 0.625. The van der Waals surface area contributed by atoms with Crippen molar-refractivity contribution in [3.63, 3.8) is 0 Å². The lowest BCUT2D eigenvalue weighted by atomic mass is 9.89. The van der Waals surface area contributed by atoms with Gasteiger partial charge in [-0.05, 0) is 18.8 Å². The number of nitrogens with one attached hydrogen (secondary N) is 1. The fourth-order valence-electron chi connectivity index (χ4n) is 3.79. The summed E-state index contributed by atoms with van der Waals surface area (Å²) in [6.45, 7) is 3.20. The molecule has 1 saturated heterocycles. The third kappa shape index (κ3) is 3.09. The molecule has 0 spiro atoms. The van der Waals surface area contributed by atoms with Crippen molar-refractivity contribution < 1.29 is 13.2 Å². The summed E-state index contributed by atoms with van der Waals surface area (Å²) in [4.78, 5) is 2.16. The third-order valence-electron chi connectivity index (χ3n) is 4.73. The van der Waals surface area contributed by atoms with Gasteiger partial charge in [-0.3, -0.25) is 4.90 Å². The minimum atomic E-state index is -0.848. The Hall–Kier alpha value is -1.07. The van der Waals surface area contributed by atoms with E-state index in [-0.39, 0.29) is 17.5 Å². The molecule has 1 aromatic rings. The molecule has 0 amide bonds. The molecule has 1 aliphatic heterocycles. The quantitative estimate of drug-likeness (QED) is 0.921. The first-order valence-electron chi connectivity index (χ1n) is 7.76. The maximum atomic E-state index is 14.2. The second-order valence-corrected chi connectivity index (χ2v) is 6.06. The van der Waals surface area contributed by atoms with Crippen LogP contribution in [0.2, 0.25) is 0 Å². The lowest BCUT2D eigenvalue weighted by Crippen LogP contribution is -2.47. The van der Waals surface area contributed by atoms with Gasteiger partial charge in [0, 0.05) is 49.9 Å². The number of halogens is 3. The lowest BCUT2D eigenvalue weighted by Gasteiger charge is -2.38. The summed E-state index contributed by atoms with van der Waals surface area (Å²) in [6.07, 6.45) is 4.20. The van der Waals surface area contributed by atoms with E-state index < -0.39 is 17.5 Å². The zero-order chi connectivity index (χ0) is 14.8. The van der Waals surface area contributed by atoms with Crippen LogP contribution in [0.5, 0.6) is 0 Å². The largest absolute Gasteiger partial charge is 0.314 e. The molecule has 1 N–H and O–H groups in total. The molecule has 1 heterocycles. The Morgan fingerprint density at radius 2 is 1.57 bits per heavy atom. The first-order chi connectivity index (χ1) is 10.2. The molecule has 2 nitrogen and oxygen atoms in total. The standard InChI is InChI=1S/C16H21F3N2/c17-12-9-13(18)15(14(19)10-12)16(11-3-1-2-4-11)21-7-5-20-6-8-21/h9-11,16,20H,1-8H2/t16-/m1/s1. The van der Waals surface area contributed by atoms with E-state index in [4.69, 9.17) is 0 Å². The van der Waals surface area contributed by atoms with E-state index in [0.717, 1.165) is 64.0 Å². The number of hydrogen-bond acceptors (Lipinski definition) is 2. The second kappa shape index (κ2) is 6.36. The van der Waals surface area contributed by atoms with Crippen LogP contribution in [0.1, 0.15) is 37.3 Å². The van der Waals surface area contributed by atoms with Gasteiger partial charge >= 0.3 is 0 Å². The molecule has 3 rings (SSSR count). The number of nitrogens with zero attached hydrogens (tertiary/aromatic N) is 1. The van der Waals surface area contributed by atoms with Gasteiger partial charge in [0.2, 0.25) is 0 Å². The topological polar surface area (TPSA) is 15.3 Å². The molecule has 5 heteroatoms. The molecule has 0 aromatic heterocycles. The van der Waals surface area contributed by atoms with E-state index in [1.54, 1.807) is 0 Å². The van der Waals surface area contributed by atoms with Gasteiger partial charge in [-0.25, -0.2) is 13.2 Å². The Morgan fingerprint density at radius 1 is 1.00 bits per heavy atom. The Kier molecular flexibility index (Phi) is 4.50. The van der Waals surface area contributed by atoms with Crippen LogP contribution >= 0.6 is 0 Å². The van der Waals surface area contributed by atoms with Crippen LogP contribution in [0.25, 0.3) is 0 Å². The summed E-state index contributed by atoms with van der Waals surface area (Å²) in [5.74, 6) is -2.08. The molecule has 1 aliphatic carbocycles. The third-order valence-corrected chi connectivity index (χ3v) is 4.73. The molecule has 2 fully saturated rings. The second-order valence-electron chi connectivity index (χ2n) is 6.06. The van der Waals surface area contributed by atoms with E-state index in [9.17, 15) is 13.2 Å². The molecule has 2 aliphatic rings. The van der Waals surface area contributed by atoms with E-state index in [1.807, 2.05) is 0 Å². The van der Waals surface area contributed by atoms with Crippen molar-refractivity contribution in [1.82, 2.24) is 10.2 Å². The van der Waals surface area contributed by atoms with Crippen LogP contribution in [0.4, 0.5) is 13.2 Å². The van der Waals surface area contributed by atoms with Gasteiger partial charge in [0.25, 0.3) is 0 Å². The minimum Gasteiger partial charge on any atom is -0.314 e. The number of piperazine rings is 1. The highest BCUT2D eigenvalue weighted by atomic mass is 19.1. The SMILES string of the molecule is Fc1cc(F)c([C@@H](C2CCCC2)N2CCNCC2)c(F)c1. The molecule has 1 atom stereocenters. The highest BCUT2D eigenvalue weighted by Gasteiger charge is 2.35. The van der Waals surface area contributed by atoms with Gasteiger partial charge in [-0.2, -0.15) is 0 Å². The Bertz CT molecular complexity index is 471. The van der Waals surface area contributed by atoms with Crippen molar-refractivity contribution >= 4 is 0 Å². The van der Waals surface area contributed by atoms with Crippen molar-refractivity contribution in [2.45, 2.75) is 31.7 Å². The van der Waals surface area contributed by atoms with Crippen molar-refractivity contribution in [3.8, 4) is 0 Å². The van der Waals surface area contributed by atoms with Crippen LogP contribution in [0.3, 0.4) is 0 Å². The smallest absolute Gasteiger partial charge is 0.133 e. The molecule has 1 saturated carbocycles. The van der Waals surface area contributed by atoms with Gasteiger partial charge < -0.3 is 5.32 Å². The van der Waals surface area contributed by atoms with Gasteiger partial charge in [0.15, 0.2) is 0 Å². The van der Waals surface area contributed by atoms with Crippen LogP contribution < -0.4 is 5.32 Å². The normalized spacial score (nSPS) is 22.6. The Morgan fingerprint density at radius 3 is 2.14 bits per heavy atom. The lowest BCUT2D eigenvalue weighted by molar-refractivity contribution is 0.119. The van der Waals surface area contributed by atoms with Crippen molar-refractivity contribution in [3.05, 3.63) is 35.1 Å².